The predicted octanol–water partition coefficient (Wildman–Crippen LogP) is 2.57. The number of rotatable bonds is 3. The Kier molecular flexibility index (Phi) is 3.78. The van der Waals surface area contributed by atoms with E-state index in [9.17, 15) is 13.6 Å². The molecule has 1 aliphatic carbocycles. The summed E-state index contributed by atoms with van der Waals surface area (Å²) in [5.41, 5.74) is -0.252. The first-order valence-corrected chi connectivity index (χ1v) is 8.30. The highest BCUT2D eigenvalue weighted by Crippen LogP contribution is 2.39. The van der Waals surface area contributed by atoms with E-state index < -0.39 is 17.5 Å². The molecule has 126 valence electrons. The molecule has 7 heteroatoms. The molecule has 0 saturated heterocycles. The van der Waals surface area contributed by atoms with E-state index in [0.717, 1.165) is 49.9 Å². The first-order valence-electron chi connectivity index (χ1n) is 8.30. The maximum Gasteiger partial charge on any atom is 0.254 e. The molecule has 0 radical (unpaired) electrons. The first kappa shape index (κ1) is 15.2. The molecule has 1 aromatic carbocycles. The van der Waals surface area contributed by atoms with Gasteiger partial charge < -0.3 is 9.88 Å². The van der Waals surface area contributed by atoms with Crippen LogP contribution in [0, 0.1) is 11.6 Å². The lowest BCUT2D eigenvalue weighted by Gasteiger charge is -2.16. The average Bonchev–Trinajstić information content (AvgIpc) is 3.36. The normalized spacial score (nSPS) is 20.3. The summed E-state index contributed by atoms with van der Waals surface area (Å²) in [4.78, 5) is 12.2. The minimum Gasteiger partial charge on any atom is -0.349 e. The highest BCUT2D eigenvalue weighted by atomic mass is 19.2. The lowest BCUT2D eigenvalue weighted by atomic mass is 10.1. The Morgan fingerprint density at radius 2 is 2.00 bits per heavy atom. The van der Waals surface area contributed by atoms with Crippen molar-refractivity contribution in [2.24, 2.45) is 0 Å². The van der Waals surface area contributed by atoms with Gasteiger partial charge in [0.2, 0.25) is 0 Å². The topological polar surface area (TPSA) is 59.8 Å². The van der Waals surface area contributed by atoms with Crippen molar-refractivity contribution in [2.45, 2.75) is 50.6 Å². The van der Waals surface area contributed by atoms with Gasteiger partial charge in [-0.05, 0) is 37.8 Å². The number of hydrogen-bond donors (Lipinski definition) is 1. The van der Waals surface area contributed by atoms with E-state index in [1.165, 1.54) is 12.1 Å². The molecule has 24 heavy (non-hydrogen) atoms. The highest BCUT2D eigenvalue weighted by Gasteiger charge is 2.31. The summed E-state index contributed by atoms with van der Waals surface area (Å²) in [5.74, 6) is -0.157. The van der Waals surface area contributed by atoms with Gasteiger partial charge in [0.25, 0.3) is 5.91 Å². The number of hydrogen-bond acceptors (Lipinski definition) is 3. The standard InChI is InChI=1S/C17H18F2N4O/c18-13-3-1-2-12(15(13)19)17(24)20-11-6-7-14-21-22-16(10-4-5-10)23(14)9-8-11/h1-3,10-11H,4-9H2,(H,20,24). The lowest BCUT2D eigenvalue weighted by Crippen LogP contribution is -2.35. The van der Waals surface area contributed by atoms with E-state index in [1.54, 1.807) is 0 Å². The molecule has 1 aliphatic heterocycles. The summed E-state index contributed by atoms with van der Waals surface area (Å²) < 4.78 is 29.2. The molecular formula is C17H18F2N4O. The second-order valence-corrected chi connectivity index (χ2v) is 6.50. The molecule has 4 rings (SSSR count). The van der Waals surface area contributed by atoms with Crippen molar-refractivity contribution >= 4 is 5.91 Å². The predicted molar refractivity (Wildman–Crippen MR) is 82.5 cm³/mol. The van der Waals surface area contributed by atoms with Crippen LogP contribution in [0.15, 0.2) is 18.2 Å². The number of carbonyl (C=O) groups is 1. The molecule has 2 aliphatic rings. The molecular weight excluding hydrogens is 314 g/mol. The Morgan fingerprint density at radius 3 is 2.79 bits per heavy atom. The first-order chi connectivity index (χ1) is 11.6. The van der Waals surface area contributed by atoms with Gasteiger partial charge in [-0.15, -0.1) is 10.2 Å². The van der Waals surface area contributed by atoms with Gasteiger partial charge in [0, 0.05) is 24.9 Å². The van der Waals surface area contributed by atoms with Crippen LogP contribution in [0.1, 0.15) is 53.6 Å². The van der Waals surface area contributed by atoms with Gasteiger partial charge in [-0.3, -0.25) is 4.79 Å². The molecule has 0 spiro atoms. The van der Waals surface area contributed by atoms with E-state index in [4.69, 9.17) is 0 Å². The number of nitrogens with zero attached hydrogens (tertiary/aromatic N) is 3. The minimum absolute atomic E-state index is 0.0890. The molecule has 2 heterocycles. The van der Waals surface area contributed by atoms with Crippen LogP contribution in [0.2, 0.25) is 0 Å². The van der Waals surface area contributed by atoms with Gasteiger partial charge in [0.1, 0.15) is 11.6 Å². The monoisotopic (exact) mass is 332 g/mol. The fraction of sp³-hybridized carbons (Fsp3) is 0.471. The van der Waals surface area contributed by atoms with Crippen LogP contribution in [0.4, 0.5) is 8.78 Å². The van der Waals surface area contributed by atoms with Crippen molar-refractivity contribution in [1.29, 1.82) is 0 Å². The third kappa shape index (κ3) is 2.79. The van der Waals surface area contributed by atoms with Crippen LogP contribution in [0.25, 0.3) is 0 Å². The van der Waals surface area contributed by atoms with E-state index in [2.05, 4.69) is 20.1 Å². The fourth-order valence-corrected chi connectivity index (χ4v) is 3.24. The smallest absolute Gasteiger partial charge is 0.254 e. The molecule has 2 aromatic rings. The van der Waals surface area contributed by atoms with E-state index >= 15 is 0 Å². The summed E-state index contributed by atoms with van der Waals surface area (Å²) in [6.45, 7) is 0.741. The SMILES string of the molecule is O=C(NC1CCc2nnc(C3CC3)n2CC1)c1cccc(F)c1F. The Bertz CT molecular complexity index is 785. The molecule has 1 N–H and O–H groups in total. The van der Waals surface area contributed by atoms with Gasteiger partial charge >= 0.3 is 0 Å². The van der Waals surface area contributed by atoms with Gasteiger partial charge in [0.15, 0.2) is 11.6 Å². The molecule has 1 amide bonds. The number of aromatic nitrogens is 3. The van der Waals surface area contributed by atoms with Crippen molar-refractivity contribution in [3.63, 3.8) is 0 Å². The van der Waals surface area contributed by atoms with Crippen molar-refractivity contribution in [2.75, 3.05) is 0 Å². The average molecular weight is 332 g/mol. The number of fused-ring (bicyclic) bond motifs is 1. The van der Waals surface area contributed by atoms with Crippen molar-refractivity contribution in [3.05, 3.63) is 47.0 Å². The van der Waals surface area contributed by atoms with Crippen LogP contribution in [-0.4, -0.2) is 26.7 Å². The number of amides is 1. The van der Waals surface area contributed by atoms with Crippen LogP contribution in [-0.2, 0) is 13.0 Å². The van der Waals surface area contributed by atoms with Crippen LogP contribution in [0.5, 0.6) is 0 Å². The van der Waals surface area contributed by atoms with Crippen LogP contribution >= 0.6 is 0 Å². The maximum atomic E-state index is 13.7. The Hall–Kier alpha value is -2.31. The molecule has 0 bridgehead atoms. The maximum absolute atomic E-state index is 13.7. The Balaban J connectivity index is 1.45. The summed E-state index contributed by atoms with van der Waals surface area (Å²) >= 11 is 0. The van der Waals surface area contributed by atoms with Gasteiger partial charge in [-0.2, -0.15) is 0 Å². The second-order valence-electron chi connectivity index (χ2n) is 6.50. The number of carbonyl (C=O) groups excluding carboxylic acids is 1. The molecule has 1 atom stereocenters. The summed E-state index contributed by atoms with van der Waals surface area (Å²) in [6.07, 6.45) is 4.49. The van der Waals surface area contributed by atoms with Gasteiger partial charge in [-0.25, -0.2) is 8.78 Å². The third-order valence-corrected chi connectivity index (χ3v) is 4.75. The van der Waals surface area contributed by atoms with E-state index in [0.29, 0.717) is 12.3 Å². The molecule has 1 unspecified atom stereocenters. The quantitative estimate of drug-likeness (QED) is 0.940. The fourth-order valence-electron chi connectivity index (χ4n) is 3.24. The van der Waals surface area contributed by atoms with Gasteiger partial charge in [-0.1, -0.05) is 6.07 Å². The largest absolute Gasteiger partial charge is 0.349 e. The zero-order valence-electron chi connectivity index (χ0n) is 13.1. The lowest BCUT2D eigenvalue weighted by molar-refractivity contribution is 0.0927. The van der Waals surface area contributed by atoms with E-state index in [-0.39, 0.29) is 11.6 Å². The number of benzene rings is 1. The number of aryl methyl sites for hydroxylation is 1. The number of nitrogens with one attached hydrogen (secondary N) is 1. The zero-order chi connectivity index (χ0) is 16.7. The Labute approximate surface area is 138 Å². The van der Waals surface area contributed by atoms with Crippen molar-refractivity contribution in [3.8, 4) is 0 Å². The third-order valence-electron chi connectivity index (χ3n) is 4.75. The van der Waals surface area contributed by atoms with E-state index in [1.807, 2.05) is 0 Å². The number of halogens is 2. The summed E-state index contributed by atoms with van der Waals surface area (Å²) in [6, 6.07) is 3.55. The van der Waals surface area contributed by atoms with Crippen LogP contribution < -0.4 is 5.32 Å². The molecule has 1 fully saturated rings. The van der Waals surface area contributed by atoms with Crippen molar-refractivity contribution < 1.29 is 13.6 Å². The molecule has 5 nitrogen and oxygen atoms in total. The molecule has 1 saturated carbocycles. The summed E-state index contributed by atoms with van der Waals surface area (Å²) in [7, 11) is 0. The summed E-state index contributed by atoms with van der Waals surface area (Å²) in [5, 5.41) is 11.4. The zero-order valence-corrected chi connectivity index (χ0v) is 13.1. The minimum atomic E-state index is -1.10. The molecule has 1 aromatic heterocycles. The Morgan fingerprint density at radius 1 is 1.17 bits per heavy atom. The van der Waals surface area contributed by atoms with Crippen molar-refractivity contribution in [1.82, 2.24) is 20.1 Å². The van der Waals surface area contributed by atoms with Gasteiger partial charge in [0.05, 0.1) is 5.56 Å². The second kappa shape index (κ2) is 5.96. The highest BCUT2D eigenvalue weighted by molar-refractivity contribution is 5.94. The van der Waals surface area contributed by atoms with Crippen LogP contribution in [0.3, 0.4) is 0 Å².